The number of ether oxygens (including phenoxy) is 1. The van der Waals surface area contributed by atoms with Crippen molar-refractivity contribution in [2.24, 2.45) is 5.41 Å². The minimum atomic E-state index is -0.355. The van der Waals surface area contributed by atoms with Gasteiger partial charge in [-0.05, 0) is 32.9 Å². The van der Waals surface area contributed by atoms with Crippen LogP contribution in [0.1, 0.15) is 38.7 Å². The smallest absolute Gasteiger partial charge is 0.276 e. The van der Waals surface area contributed by atoms with Gasteiger partial charge in [0.2, 0.25) is 0 Å². The summed E-state index contributed by atoms with van der Waals surface area (Å²) in [7, 11) is 1.99. The molecule has 0 radical (unpaired) electrons. The van der Waals surface area contributed by atoms with Gasteiger partial charge in [0, 0.05) is 23.9 Å². The van der Waals surface area contributed by atoms with E-state index in [2.05, 4.69) is 19.2 Å². The van der Waals surface area contributed by atoms with Crippen molar-refractivity contribution in [2.75, 3.05) is 7.05 Å². The Bertz CT molecular complexity index is 526. The molecule has 1 fully saturated rings. The first-order chi connectivity index (χ1) is 10.00. The molecule has 5 nitrogen and oxygen atoms in total. The van der Waals surface area contributed by atoms with Crippen LogP contribution in [0.15, 0.2) is 18.2 Å². The summed E-state index contributed by atoms with van der Waals surface area (Å²) >= 11 is 0. The summed E-state index contributed by atoms with van der Waals surface area (Å²) in [4.78, 5) is 10.7. The van der Waals surface area contributed by atoms with Crippen LogP contribution in [0, 0.1) is 22.5 Å². The molecule has 0 aromatic heterocycles. The molecule has 0 spiro atoms. The monoisotopic (exact) mass is 292 g/mol. The van der Waals surface area contributed by atoms with Gasteiger partial charge in [-0.2, -0.15) is 0 Å². The van der Waals surface area contributed by atoms with Crippen LogP contribution in [-0.2, 0) is 0 Å². The average Bonchev–Trinajstić information content (AvgIpc) is 2.45. The molecule has 21 heavy (non-hydrogen) atoms. The fourth-order valence-electron chi connectivity index (χ4n) is 3.60. The summed E-state index contributed by atoms with van der Waals surface area (Å²) in [6, 6.07) is 5.49. The lowest BCUT2D eigenvalue weighted by Gasteiger charge is -2.55. The standard InChI is InChI=1S/C16H24N2O3/c1-5-16(6-2)14(17-4)10-15(16)21-13-9-7-8-12(11(13)3)18(19)20/h7-9,14-15,17H,5-6,10H2,1-4H3. The predicted molar refractivity (Wildman–Crippen MR) is 82.7 cm³/mol. The van der Waals surface area contributed by atoms with E-state index >= 15 is 0 Å². The molecule has 1 saturated carbocycles. The molecule has 5 heteroatoms. The summed E-state index contributed by atoms with van der Waals surface area (Å²) < 4.78 is 6.16. The van der Waals surface area contributed by atoms with Crippen LogP contribution in [0.2, 0.25) is 0 Å². The Kier molecular flexibility index (Phi) is 4.52. The highest BCUT2D eigenvalue weighted by molar-refractivity contribution is 5.48. The lowest BCUT2D eigenvalue weighted by atomic mass is 9.58. The number of hydrogen-bond donors (Lipinski definition) is 1. The molecule has 2 rings (SSSR count). The van der Waals surface area contributed by atoms with Crippen LogP contribution in [0.25, 0.3) is 0 Å². The number of benzene rings is 1. The summed E-state index contributed by atoms with van der Waals surface area (Å²) in [5, 5.41) is 14.4. The quantitative estimate of drug-likeness (QED) is 0.644. The highest BCUT2D eigenvalue weighted by Crippen LogP contribution is 2.49. The lowest BCUT2D eigenvalue weighted by molar-refractivity contribution is -0.385. The summed E-state index contributed by atoms with van der Waals surface area (Å²) in [5.41, 5.74) is 0.846. The number of nitrogens with zero attached hydrogens (tertiary/aromatic N) is 1. The van der Waals surface area contributed by atoms with Gasteiger partial charge in [0.25, 0.3) is 5.69 Å². The van der Waals surface area contributed by atoms with E-state index in [9.17, 15) is 10.1 Å². The van der Waals surface area contributed by atoms with Gasteiger partial charge in [0.15, 0.2) is 0 Å². The van der Waals surface area contributed by atoms with Crippen molar-refractivity contribution in [3.63, 3.8) is 0 Å². The van der Waals surface area contributed by atoms with Crippen LogP contribution in [-0.4, -0.2) is 24.1 Å². The fourth-order valence-corrected chi connectivity index (χ4v) is 3.60. The van der Waals surface area contributed by atoms with Crippen molar-refractivity contribution in [3.05, 3.63) is 33.9 Å². The van der Waals surface area contributed by atoms with Crippen LogP contribution in [0.3, 0.4) is 0 Å². The zero-order chi connectivity index (χ0) is 15.6. The molecule has 1 N–H and O–H groups in total. The van der Waals surface area contributed by atoms with Crippen molar-refractivity contribution >= 4 is 5.69 Å². The first-order valence-electron chi connectivity index (χ1n) is 7.58. The maximum atomic E-state index is 11.0. The topological polar surface area (TPSA) is 64.4 Å². The SMILES string of the molecule is CCC1(CC)C(NC)CC1Oc1cccc([N+](=O)[O-])c1C. The minimum Gasteiger partial charge on any atom is -0.489 e. The third-order valence-corrected chi connectivity index (χ3v) is 5.17. The average molecular weight is 292 g/mol. The minimum absolute atomic E-state index is 0.116. The molecular formula is C16H24N2O3. The Labute approximate surface area is 125 Å². The van der Waals surface area contributed by atoms with E-state index < -0.39 is 0 Å². The fraction of sp³-hybridized carbons (Fsp3) is 0.625. The number of nitrogens with one attached hydrogen (secondary N) is 1. The van der Waals surface area contributed by atoms with Crippen molar-refractivity contribution in [2.45, 2.75) is 52.2 Å². The molecule has 0 amide bonds. The van der Waals surface area contributed by atoms with Gasteiger partial charge >= 0.3 is 0 Å². The number of rotatable bonds is 6. The van der Waals surface area contributed by atoms with Gasteiger partial charge in [-0.25, -0.2) is 0 Å². The summed E-state index contributed by atoms with van der Waals surface area (Å²) in [6.45, 7) is 6.12. The van der Waals surface area contributed by atoms with E-state index in [1.807, 2.05) is 13.1 Å². The molecule has 0 bridgehead atoms. The van der Waals surface area contributed by atoms with Gasteiger partial charge in [0.1, 0.15) is 11.9 Å². The number of nitro groups is 1. The number of nitro benzene ring substituents is 1. The van der Waals surface area contributed by atoms with E-state index in [-0.39, 0.29) is 22.1 Å². The molecule has 0 aliphatic heterocycles. The van der Waals surface area contributed by atoms with Crippen molar-refractivity contribution in [1.29, 1.82) is 0 Å². The van der Waals surface area contributed by atoms with Crippen LogP contribution < -0.4 is 10.1 Å². The van der Waals surface area contributed by atoms with Gasteiger partial charge in [-0.1, -0.05) is 19.9 Å². The molecule has 0 saturated heterocycles. The van der Waals surface area contributed by atoms with Gasteiger partial charge in [-0.3, -0.25) is 10.1 Å². The third-order valence-electron chi connectivity index (χ3n) is 5.17. The maximum Gasteiger partial charge on any atom is 0.276 e. The van der Waals surface area contributed by atoms with E-state index in [0.29, 0.717) is 17.4 Å². The summed E-state index contributed by atoms with van der Waals surface area (Å²) in [6.07, 6.45) is 3.13. The van der Waals surface area contributed by atoms with Crippen molar-refractivity contribution in [3.8, 4) is 5.75 Å². The Morgan fingerprint density at radius 1 is 1.43 bits per heavy atom. The first-order valence-corrected chi connectivity index (χ1v) is 7.58. The lowest BCUT2D eigenvalue weighted by Crippen LogP contribution is -2.63. The normalized spacial score (nSPS) is 23.4. The van der Waals surface area contributed by atoms with E-state index in [1.54, 1.807) is 13.0 Å². The first kappa shape index (κ1) is 15.8. The van der Waals surface area contributed by atoms with Gasteiger partial charge in [0.05, 0.1) is 10.5 Å². The second-order valence-corrected chi connectivity index (χ2v) is 5.78. The highest BCUT2D eigenvalue weighted by atomic mass is 16.6. The Morgan fingerprint density at radius 3 is 2.62 bits per heavy atom. The van der Waals surface area contributed by atoms with Gasteiger partial charge in [-0.15, -0.1) is 0 Å². The Balaban J connectivity index is 2.23. The van der Waals surface area contributed by atoms with Crippen LogP contribution in [0.4, 0.5) is 5.69 Å². The summed E-state index contributed by atoms with van der Waals surface area (Å²) in [5.74, 6) is 0.634. The number of hydrogen-bond acceptors (Lipinski definition) is 4. The molecule has 1 aliphatic rings. The van der Waals surface area contributed by atoms with E-state index in [0.717, 1.165) is 19.3 Å². The second-order valence-electron chi connectivity index (χ2n) is 5.78. The van der Waals surface area contributed by atoms with E-state index in [4.69, 9.17) is 4.74 Å². The predicted octanol–water partition coefficient (Wildman–Crippen LogP) is 3.45. The molecule has 2 atom stereocenters. The van der Waals surface area contributed by atoms with Crippen molar-refractivity contribution < 1.29 is 9.66 Å². The largest absolute Gasteiger partial charge is 0.489 e. The molecular weight excluding hydrogens is 268 g/mol. The van der Waals surface area contributed by atoms with E-state index in [1.165, 1.54) is 6.07 Å². The maximum absolute atomic E-state index is 11.0. The molecule has 0 heterocycles. The Morgan fingerprint density at radius 2 is 2.10 bits per heavy atom. The second kappa shape index (κ2) is 6.02. The molecule has 1 aromatic rings. The molecule has 116 valence electrons. The van der Waals surface area contributed by atoms with Crippen LogP contribution >= 0.6 is 0 Å². The highest BCUT2D eigenvalue weighted by Gasteiger charge is 2.53. The zero-order valence-corrected chi connectivity index (χ0v) is 13.2. The van der Waals surface area contributed by atoms with Gasteiger partial charge < -0.3 is 10.1 Å². The van der Waals surface area contributed by atoms with Crippen LogP contribution in [0.5, 0.6) is 5.75 Å². The molecule has 1 aromatic carbocycles. The molecule has 1 aliphatic carbocycles. The third kappa shape index (κ3) is 2.50. The zero-order valence-electron chi connectivity index (χ0n) is 13.2. The van der Waals surface area contributed by atoms with Crippen molar-refractivity contribution in [1.82, 2.24) is 5.32 Å². The Hall–Kier alpha value is -1.62. The molecule has 2 unspecified atom stereocenters.